The molecule has 12 heteroatoms. The molecule has 6 aromatic rings. The fourth-order valence-electron chi connectivity index (χ4n) is 8.28. The molecule has 2 fully saturated rings. The zero-order chi connectivity index (χ0) is 46.2. The van der Waals surface area contributed by atoms with Gasteiger partial charge in [-0.25, -0.2) is 8.78 Å². The first kappa shape index (κ1) is 47.5. The summed E-state index contributed by atoms with van der Waals surface area (Å²) >= 11 is 0. The van der Waals surface area contributed by atoms with Gasteiger partial charge in [0.25, 0.3) is 0 Å². The third-order valence-electron chi connectivity index (χ3n) is 12.8. The molecule has 8 rings (SSSR count). The van der Waals surface area contributed by atoms with Crippen molar-refractivity contribution in [3.63, 3.8) is 0 Å². The molecule has 0 radical (unpaired) electrons. The number of halogens is 2. The highest BCUT2D eigenvalue weighted by atomic mass is 19.1. The van der Waals surface area contributed by atoms with Gasteiger partial charge in [-0.3, -0.25) is 29.4 Å². The topological polar surface area (TPSA) is 109 Å². The lowest BCUT2D eigenvalue weighted by Crippen LogP contribution is -2.48. The second kappa shape index (κ2) is 23.1. The first-order valence-electron chi connectivity index (χ1n) is 22.8. The van der Waals surface area contributed by atoms with Gasteiger partial charge in [0, 0.05) is 36.3 Å². The number of benzene rings is 4. The summed E-state index contributed by atoms with van der Waals surface area (Å²) in [5, 5.41) is 6.38. The summed E-state index contributed by atoms with van der Waals surface area (Å²) in [6, 6.07) is 42.4. The number of aromatic nitrogens is 2. The first-order valence-corrected chi connectivity index (χ1v) is 22.8. The highest BCUT2D eigenvalue weighted by Crippen LogP contribution is 2.34. The number of carbonyl (C=O) groups excluding carboxylic acids is 2. The van der Waals surface area contributed by atoms with Gasteiger partial charge in [0.05, 0.1) is 23.5 Å². The molecule has 2 saturated heterocycles. The number of pyridine rings is 2. The predicted molar refractivity (Wildman–Crippen MR) is 253 cm³/mol. The van der Waals surface area contributed by atoms with Crippen molar-refractivity contribution in [3.05, 3.63) is 192 Å². The molecule has 2 amide bonds. The normalized spacial score (nSPS) is 16.7. The van der Waals surface area contributed by atoms with Crippen LogP contribution in [0.1, 0.15) is 74.1 Å². The molecule has 0 saturated carbocycles. The molecular weight excluding hydrogens is 835 g/mol. The smallest absolute Gasteiger partial charge is 0.226 e. The Hall–Kier alpha value is -6.50. The SMILES string of the molecule is CC1(C(=O)NC(c2ccc(F)cc2)c2ccccn2)CCN(CCOc2ccccc2)CC1.CC1(C(=O)NC(c2ccc(F)cc2)c2ccccn2)CCN(CCOc2ccccc2)CC1. The Morgan fingerprint density at radius 2 is 0.879 bits per heavy atom. The number of likely N-dealkylation sites (tertiary alicyclic amines) is 2. The Kier molecular flexibility index (Phi) is 16.6. The Morgan fingerprint density at radius 1 is 0.530 bits per heavy atom. The molecule has 2 atom stereocenters. The number of hydrogen-bond donors (Lipinski definition) is 2. The molecule has 66 heavy (non-hydrogen) atoms. The number of carbonyl (C=O) groups is 2. The van der Waals surface area contributed by atoms with E-state index in [0.717, 1.165) is 99.0 Å². The number of rotatable bonds is 16. The molecule has 2 aliphatic heterocycles. The van der Waals surface area contributed by atoms with Crippen molar-refractivity contribution in [2.45, 2.75) is 51.6 Å². The van der Waals surface area contributed by atoms with Crippen molar-refractivity contribution in [1.29, 1.82) is 0 Å². The van der Waals surface area contributed by atoms with E-state index in [2.05, 4.69) is 30.4 Å². The minimum Gasteiger partial charge on any atom is -0.492 e. The summed E-state index contributed by atoms with van der Waals surface area (Å²) in [6.07, 6.45) is 6.47. The van der Waals surface area contributed by atoms with Gasteiger partial charge in [-0.15, -0.1) is 0 Å². The van der Waals surface area contributed by atoms with E-state index in [1.54, 1.807) is 36.7 Å². The highest BCUT2D eigenvalue weighted by Gasteiger charge is 2.39. The van der Waals surface area contributed by atoms with Crippen molar-refractivity contribution in [2.24, 2.45) is 10.8 Å². The molecule has 4 aromatic carbocycles. The zero-order valence-corrected chi connectivity index (χ0v) is 37.8. The summed E-state index contributed by atoms with van der Waals surface area (Å²) in [5.74, 6) is 1.14. The van der Waals surface area contributed by atoms with Crippen LogP contribution in [0.15, 0.2) is 158 Å². The van der Waals surface area contributed by atoms with Gasteiger partial charge in [0.15, 0.2) is 0 Å². The zero-order valence-electron chi connectivity index (χ0n) is 37.8. The van der Waals surface area contributed by atoms with Crippen LogP contribution in [0.25, 0.3) is 0 Å². The number of para-hydroxylation sites is 2. The molecular formula is C54H60F2N6O4. The van der Waals surface area contributed by atoms with Crippen LogP contribution in [0.5, 0.6) is 11.5 Å². The summed E-state index contributed by atoms with van der Waals surface area (Å²) in [4.78, 5) is 40.3. The first-order chi connectivity index (χ1) is 32.1. The Balaban J connectivity index is 0.000000196. The van der Waals surface area contributed by atoms with E-state index in [9.17, 15) is 18.4 Å². The quantitative estimate of drug-likeness (QED) is 0.0991. The van der Waals surface area contributed by atoms with E-state index >= 15 is 0 Å². The monoisotopic (exact) mass is 894 g/mol. The van der Waals surface area contributed by atoms with Crippen LogP contribution in [0.3, 0.4) is 0 Å². The van der Waals surface area contributed by atoms with Crippen molar-refractivity contribution in [1.82, 2.24) is 30.4 Å². The Morgan fingerprint density at radius 3 is 1.21 bits per heavy atom. The molecule has 2 aromatic heterocycles. The second-order valence-corrected chi connectivity index (χ2v) is 17.6. The predicted octanol–water partition coefficient (Wildman–Crippen LogP) is 9.21. The molecule has 10 nitrogen and oxygen atoms in total. The highest BCUT2D eigenvalue weighted by molar-refractivity contribution is 5.83. The van der Waals surface area contributed by atoms with Crippen molar-refractivity contribution in [3.8, 4) is 11.5 Å². The van der Waals surface area contributed by atoms with Crippen LogP contribution in [-0.2, 0) is 9.59 Å². The molecule has 344 valence electrons. The molecule has 2 aliphatic rings. The largest absolute Gasteiger partial charge is 0.492 e. The maximum absolute atomic E-state index is 13.5. The van der Waals surface area contributed by atoms with Gasteiger partial charge in [0.1, 0.15) is 36.3 Å². The van der Waals surface area contributed by atoms with Crippen molar-refractivity contribution >= 4 is 11.8 Å². The lowest BCUT2D eigenvalue weighted by atomic mass is 9.79. The summed E-state index contributed by atoms with van der Waals surface area (Å²) in [5.41, 5.74) is 2.14. The van der Waals surface area contributed by atoms with Crippen LogP contribution in [-0.4, -0.2) is 84.1 Å². The third-order valence-corrected chi connectivity index (χ3v) is 12.8. The lowest BCUT2D eigenvalue weighted by Gasteiger charge is -2.39. The third kappa shape index (κ3) is 13.3. The van der Waals surface area contributed by atoms with E-state index in [0.29, 0.717) is 13.2 Å². The van der Waals surface area contributed by atoms with Gasteiger partial charge in [-0.2, -0.15) is 0 Å². The van der Waals surface area contributed by atoms with Gasteiger partial charge >= 0.3 is 0 Å². The number of piperidine rings is 2. The number of nitrogens with one attached hydrogen (secondary N) is 2. The van der Waals surface area contributed by atoms with Crippen LogP contribution >= 0.6 is 0 Å². The van der Waals surface area contributed by atoms with Gasteiger partial charge in [-0.1, -0.05) is 86.6 Å². The number of hydrogen-bond acceptors (Lipinski definition) is 8. The molecule has 0 aliphatic carbocycles. The van der Waals surface area contributed by atoms with E-state index < -0.39 is 22.9 Å². The van der Waals surface area contributed by atoms with E-state index in [4.69, 9.17) is 9.47 Å². The summed E-state index contributed by atoms with van der Waals surface area (Å²) in [6.45, 7) is 10.3. The van der Waals surface area contributed by atoms with Gasteiger partial charge in [-0.05, 0) is 136 Å². The minimum atomic E-state index is -0.468. The Labute approximate surface area is 387 Å². The summed E-state index contributed by atoms with van der Waals surface area (Å²) < 4.78 is 38.6. The maximum atomic E-state index is 13.5. The molecule has 4 heterocycles. The molecule has 0 bridgehead atoms. The van der Waals surface area contributed by atoms with Crippen LogP contribution < -0.4 is 20.1 Å². The summed E-state index contributed by atoms with van der Waals surface area (Å²) in [7, 11) is 0. The standard InChI is InChI=1S/2C27H30FN3O2/c2*1-27(14-17-31(18-15-27)19-20-33-23-7-3-2-4-8-23)26(32)30-25(24-9-5-6-16-29-24)21-10-12-22(28)13-11-21/h2*2-13,16,25H,14-15,17-20H2,1H3,(H,30,32). The van der Waals surface area contributed by atoms with Gasteiger partial charge < -0.3 is 20.1 Å². The van der Waals surface area contributed by atoms with Gasteiger partial charge in [0.2, 0.25) is 11.8 Å². The number of ether oxygens (including phenoxy) is 2. The molecule has 2 unspecified atom stereocenters. The molecule has 0 spiro atoms. The van der Waals surface area contributed by atoms with Crippen LogP contribution in [0, 0.1) is 22.5 Å². The Bertz CT molecular complexity index is 2210. The second-order valence-electron chi connectivity index (χ2n) is 17.6. The fourth-order valence-corrected chi connectivity index (χ4v) is 8.28. The number of amides is 2. The maximum Gasteiger partial charge on any atom is 0.226 e. The van der Waals surface area contributed by atoms with E-state index in [-0.39, 0.29) is 23.4 Å². The van der Waals surface area contributed by atoms with E-state index in [1.165, 1.54) is 24.3 Å². The lowest BCUT2D eigenvalue weighted by molar-refractivity contribution is -0.134. The average Bonchev–Trinajstić information content (AvgIpc) is 3.36. The molecule has 2 N–H and O–H groups in total. The van der Waals surface area contributed by atoms with Crippen molar-refractivity contribution in [2.75, 3.05) is 52.5 Å². The number of nitrogens with zero attached hydrogens (tertiary/aromatic N) is 4. The fraction of sp³-hybridized carbons (Fsp3) is 0.333. The minimum absolute atomic E-state index is 0.00247. The van der Waals surface area contributed by atoms with Crippen LogP contribution in [0.2, 0.25) is 0 Å². The van der Waals surface area contributed by atoms with Crippen LogP contribution in [0.4, 0.5) is 8.78 Å². The average molecular weight is 895 g/mol. The van der Waals surface area contributed by atoms with Crippen molar-refractivity contribution < 1.29 is 27.8 Å². The van der Waals surface area contributed by atoms with E-state index in [1.807, 2.05) is 111 Å².